The molecule has 0 aliphatic carbocycles. The van der Waals surface area contributed by atoms with Crippen molar-refractivity contribution >= 4 is 21.9 Å². The fourth-order valence-corrected chi connectivity index (χ4v) is 2.33. The number of nitrogens with one attached hydrogen (secondary N) is 1. The van der Waals surface area contributed by atoms with Gasteiger partial charge in [0.05, 0.1) is 15.9 Å². The highest BCUT2D eigenvalue weighted by atomic mass is 79.9. The number of aromatic nitrogens is 2. The third kappa shape index (κ3) is 2.98. The van der Waals surface area contributed by atoms with E-state index in [4.69, 9.17) is 5.11 Å². The summed E-state index contributed by atoms with van der Waals surface area (Å²) >= 11 is 3.27. The Morgan fingerprint density at radius 2 is 2.05 bits per heavy atom. The molecule has 0 aliphatic heterocycles. The number of carboxylic acids is 1. The predicted octanol–water partition coefficient (Wildman–Crippen LogP) is 2.24. The summed E-state index contributed by atoms with van der Waals surface area (Å²) in [6.07, 6.45) is -4.29. The van der Waals surface area contributed by atoms with E-state index in [0.717, 1.165) is 0 Å². The van der Waals surface area contributed by atoms with Crippen molar-refractivity contribution < 1.29 is 23.1 Å². The molecule has 0 saturated heterocycles. The number of aliphatic carboxylic acids is 1. The molecule has 114 valence electrons. The minimum absolute atomic E-state index is 0.271. The zero-order chi connectivity index (χ0) is 15.7. The lowest BCUT2D eigenvalue weighted by Crippen LogP contribution is -2.59. The van der Waals surface area contributed by atoms with Gasteiger partial charge >= 0.3 is 12.1 Å². The number of alkyl halides is 3. The smallest absolute Gasteiger partial charge is 0.417 e. The zero-order valence-corrected chi connectivity index (χ0v) is 12.8. The van der Waals surface area contributed by atoms with Gasteiger partial charge < -0.3 is 5.11 Å². The largest absolute Gasteiger partial charge is 0.480 e. The number of hydrogen-bond acceptors (Lipinski definition) is 3. The van der Waals surface area contributed by atoms with Gasteiger partial charge in [-0.1, -0.05) is 6.92 Å². The van der Waals surface area contributed by atoms with E-state index in [1.54, 1.807) is 7.05 Å². The van der Waals surface area contributed by atoms with Crippen LogP contribution in [0.3, 0.4) is 0 Å². The molecule has 5 nitrogen and oxygen atoms in total. The van der Waals surface area contributed by atoms with E-state index in [0.29, 0.717) is 29.2 Å². The van der Waals surface area contributed by atoms with Gasteiger partial charge in [0, 0.05) is 13.6 Å². The molecule has 0 aliphatic rings. The highest BCUT2D eigenvalue weighted by Crippen LogP contribution is 2.31. The number of hydrogen-bond donors (Lipinski definition) is 2. The number of halogens is 4. The summed E-state index contributed by atoms with van der Waals surface area (Å²) in [7, 11) is 1.59. The van der Waals surface area contributed by atoms with Crippen LogP contribution in [0.15, 0.2) is 4.47 Å². The lowest BCUT2D eigenvalue weighted by Gasteiger charge is -2.28. The van der Waals surface area contributed by atoms with Crippen LogP contribution in [0, 0.1) is 0 Å². The maximum Gasteiger partial charge on any atom is 0.417 e. The Hall–Kier alpha value is -1.09. The Morgan fingerprint density at radius 1 is 1.50 bits per heavy atom. The molecular formula is C11H15BrF3N3O2. The van der Waals surface area contributed by atoms with Crippen molar-refractivity contribution in [2.75, 3.05) is 0 Å². The van der Waals surface area contributed by atoms with Crippen LogP contribution in [0.2, 0.25) is 0 Å². The summed E-state index contributed by atoms with van der Waals surface area (Å²) in [5, 5.41) is 15.0. The second-order valence-electron chi connectivity index (χ2n) is 4.47. The molecule has 0 spiro atoms. The van der Waals surface area contributed by atoms with E-state index in [9.17, 15) is 18.0 Å². The van der Waals surface area contributed by atoms with Crippen molar-refractivity contribution in [1.29, 1.82) is 0 Å². The van der Waals surface area contributed by atoms with Gasteiger partial charge in [-0.2, -0.15) is 18.3 Å². The van der Waals surface area contributed by atoms with Crippen LogP contribution in [0.1, 0.15) is 25.2 Å². The number of aryl methyl sites for hydroxylation is 2. The van der Waals surface area contributed by atoms with E-state index in [-0.39, 0.29) is 6.54 Å². The first-order chi connectivity index (χ1) is 9.04. The zero-order valence-electron chi connectivity index (χ0n) is 11.2. The molecule has 2 N–H and O–H groups in total. The maximum atomic E-state index is 12.9. The van der Waals surface area contributed by atoms with Crippen LogP contribution in [-0.4, -0.2) is 32.6 Å². The first-order valence-electron chi connectivity index (χ1n) is 5.80. The summed E-state index contributed by atoms with van der Waals surface area (Å²) in [5.41, 5.74) is -1.85. The molecule has 1 aromatic rings. The van der Waals surface area contributed by atoms with Crippen molar-refractivity contribution in [1.82, 2.24) is 15.1 Å². The molecular weight excluding hydrogens is 343 g/mol. The lowest BCUT2D eigenvalue weighted by molar-refractivity contribution is -0.206. The topological polar surface area (TPSA) is 67.2 Å². The summed E-state index contributed by atoms with van der Waals surface area (Å²) in [6.45, 7) is 2.19. The first kappa shape index (κ1) is 17.0. The van der Waals surface area contributed by atoms with Crippen LogP contribution in [0.25, 0.3) is 0 Å². The second-order valence-corrected chi connectivity index (χ2v) is 5.26. The average molecular weight is 358 g/mol. The Balaban J connectivity index is 3.01. The normalized spacial score (nSPS) is 15.2. The first-order valence-corrected chi connectivity index (χ1v) is 6.59. The van der Waals surface area contributed by atoms with Gasteiger partial charge in [-0.05, 0) is 29.3 Å². The molecule has 0 bridgehead atoms. The maximum absolute atomic E-state index is 12.9. The van der Waals surface area contributed by atoms with E-state index >= 15 is 0 Å². The van der Waals surface area contributed by atoms with Crippen molar-refractivity contribution in [2.24, 2.45) is 7.05 Å². The van der Waals surface area contributed by atoms with E-state index < -0.39 is 17.7 Å². The van der Waals surface area contributed by atoms with E-state index in [1.165, 1.54) is 4.68 Å². The molecule has 1 atom stereocenters. The quantitative estimate of drug-likeness (QED) is 0.847. The van der Waals surface area contributed by atoms with Crippen LogP contribution in [0.5, 0.6) is 0 Å². The minimum atomic E-state index is -4.91. The van der Waals surface area contributed by atoms with Gasteiger partial charge in [-0.3, -0.25) is 10.00 Å². The van der Waals surface area contributed by atoms with Crippen LogP contribution < -0.4 is 5.32 Å². The van der Waals surface area contributed by atoms with Crippen LogP contribution in [0.4, 0.5) is 13.2 Å². The van der Waals surface area contributed by atoms with Gasteiger partial charge in [0.2, 0.25) is 5.54 Å². The number of rotatable bonds is 5. The van der Waals surface area contributed by atoms with Gasteiger partial charge in [0.15, 0.2) is 0 Å². The third-order valence-electron chi connectivity index (χ3n) is 3.11. The number of carboxylic acid groups (broad SMARTS) is 1. The molecule has 1 aromatic heterocycles. The minimum Gasteiger partial charge on any atom is -0.480 e. The third-order valence-corrected chi connectivity index (χ3v) is 4.02. The molecule has 0 saturated carbocycles. The molecule has 0 amide bonds. The van der Waals surface area contributed by atoms with Gasteiger partial charge in [-0.25, -0.2) is 4.79 Å². The van der Waals surface area contributed by atoms with Crippen LogP contribution in [-0.2, 0) is 24.8 Å². The highest BCUT2D eigenvalue weighted by Gasteiger charge is 2.57. The monoisotopic (exact) mass is 357 g/mol. The fourth-order valence-electron chi connectivity index (χ4n) is 1.57. The van der Waals surface area contributed by atoms with Crippen molar-refractivity contribution in [2.45, 2.75) is 38.5 Å². The van der Waals surface area contributed by atoms with Crippen molar-refractivity contribution in [3.8, 4) is 0 Å². The molecule has 1 unspecified atom stereocenters. The molecule has 0 fully saturated rings. The summed E-state index contributed by atoms with van der Waals surface area (Å²) < 4.78 is 40.6. The number of nitrogens with zero attached hydrogens (tertiary/aromatic N) is 2. The second kappa shape index (κ2) is 5.72. The molecule has 20 heavy (non-hydrogen) atoms. The summed E-state index contributed by atoms with van der Waals surface area (Å²) in [5.74, 6) is -1.97. The van der Waals surface area contributed by atoms with Gasteiger partial charge in [-0.15, -0.1) is 0 Å². The predicted molar refractivity (Wildman–Crippen MR) is 69.2 cm³/mol. The Labute approximate surface area is 122 Å². The van der Waals surface area contributed by atoms with Crippen LogP contribution >= 0.6 is 15.9 Å². The Bertz CT molecular complexity index is 516. The SMILES string of the molecule is CCc1nn(C)c(CNC(C)(C(=O)O)C(F)(F)F)c1Br. The lowest BCUT2D eigenvalue weighted by atomic mass is 10.0. The fraction of sp³-hybridized carbons (Fsp3) is 0.636. The van der Waals surface area contributed by atoms with E-state index in [2.05, 4.69) is 26.3 Å². The summed E-state index contributed by atoms with van der Waals surface area (Å²) in [6, 6.07) is 0. The highest BCUT2D eigenvalue weighted by molar-refractivity contribution is 9.10. The van der Waals surface area contributed by atoms with E-state index in [1.807, 2.05) is 6.92 Å². The Morgan fingerprint density at radius 3 is 2.40 bits per heavy atom. The number of carbonyl (C=O) groups is 1. The van der Waals surface area contributed by atoms with Gasteiger partial charge in [0.25, 0.3) is 0 Å². The average Bonchev–Trinajstić information content (AvgIpc) is 2.59. The molecule has 0 radical (unpaired) electrons. The molecule has 0 aromatic carbocycles. The van der Waals surface area contributed by atoms with Crippen molar-refractivity contribution in [3.63, 3.8) is 0 Å². The molecule has 9 heteroatoms. The Kier molecular flexibility index (Phi) is 4.86. The molecule has 1 heterocycles. The van der Waals surface area contributed by atoms with Crippen molar-refractivity contribution in [3.05, 3.63) is 15.9 Å². The molecule has 1 rings (SSSR count). The van der Waals surface area contributed by atoms with Gasteiger partial charge in [0.1, 0.15) is 0 Å². The standard InChI is InChI=1S/C11H15BrF3N3O2/c1-4-6-8(12)7(18(3)17-6)5-16-10(2,9(19)20)11(13,14)15/h16H,4-5H2,1-3H3,(H,19,20). The summed E-state index contributed by atoms with van der Waals surface area (Å²) in [4.78, 5) is 10.9.